The van der Waals surface area contributed by atoms with Gasteiger partial charge >= 0.3 is 0 Å². The van der Waals surface area contributed by atoms with Gasteiger partial charge < -0.3 is 10.2 Å². The van der Waals surface area contributed by atoms with E-state index in [-0.39, 0.29) is 5.91 Å². The molecule has 2 aliphatic rings. The number of hydrogen-bond donors (Lipinski definition) is 1. The number of carbonyl (C=O) groups excluding carboxylic acids is 1. The van der Waals surface area contributed by atoms with E-state index in [1.807, 2.05) is 18.2 Å². The number of terminal acetylenes is 1. The molecule has 3 rings (SSSR count). The number of anilines is 2. The van der Waals surface area contributed by atoms with Crippen LogP contribution in [0.3, 0.4) is 0 Å². The highest BCUT2D eigenvalue weighted by Crippen LogP contribution is 2.37. The highest BCUT2D eigenvalue weighted by molar-refractivity contribution is 6.33. The Morgan fingerprint density at radius 1 is 1.33 bits per heavy atom. The van der Waals surface area contributed by atoms with Gasteiger partial charge in [-0.25, -0.2) is 0 Å². The largest absolute Gasteiger partial charge is 0.370 e. The highest BCUT2D eigenvalue weighted by atomic mass is 35.5. The average Bonchev–Trinajstić information content (AvgIpc) is 3.13. The summed E-state index contributed by atoms with van der Waals surface area (Å²) in [5, 5.41) is 11.7. The van der Waals surface area contributed by atoms with Crippen LogP contribution in [0.15, 0.2) is 28.4 Å². The smallest absolute Gasteiger partial charge is 0.224 e. The maximum Gasteiger partial charge on any atom is 0.224 e. The molecule has 0 atom stereocenters. The summed E-state index contributed by atoms with van der Waals surface area (Å²) in [5.41, 5.74) is 1.34. The van der Waals surface area contributed by atoms with Crippen LogP contribution in [-0.4, -0.2) is 24.7 Å². The molecule has 1 saturated heterocycles. The van der Waals surface area contributed by atoms with Crippen molar-refractivity contribution in [3.63, 3.8) is 0 Å². The van der Waals surface area contributed by atoms with Gasteiger partial charge in [-0.2, -0.15) is 10.2 Å². The SMILES string of the molecule is C#CCCC1(CCC(=O)Nc2ccc(N3CCCC3)c(Cl)c2)N=N1. The van der Waals surface area contributed by atoms with Crippen LogP contribution < -0.4 is 10.2 Å². The summed E-state index contributed by atoms with van der Waals surface area (Å²) in [5.74, 6) is 2.53. The van der Waals surface area contributed by atoms with Crippen LogP contribution in [0.2, 0.25) is 5.02 Å². The topological polar surface area (TPSA) is 57.1 Å². The van der Waals surface area contributed by atoms with Crippen molar-refractivity contribution in [2.45, 2.75) is 44.2 Å². The van der Waals surface area contributed by atoms with Crippen LogP contribution in [0.5, 0.6) is 0 Å². The fraction of sp³-hybridized carbons (Fsp3) is 0.500. The van der Waals surface area contributed by atoms with Gasteiger partial charge in [-0.1, -0.05) is 11.6 Å². The molecular weight excluding hydrogens is 324 g/mol. The molecule has 0 bridgehead atoms. The molecule has 0 saturated carbocycles. The Morgan fingerprint density at radius 2 is 2.08 bits per heavy atom. The van der Waals surface area contributed by atoms with Crippen molar-refractivity contribution in [3.8, 4) is 12.3 Å². The molecule has 1 fully saturated rings. The summed E-state index contributed by atoms with van der Waals surface area (Å²) in [6, 6.07) is 5.69. The van der Waals surface area contributed by atoms with Crippen molar-refractivity contribution in [2.75, 3.05) is 23.3 Å². The number of nitrogens with one attached hydrogen (secondary N) is 1. The molecule has 6 heteroatoms. The lowest BCUT2D eigenvalue weighted by molar-refractivity contribution is -0.116. The van der Waals surface area contributed by atoms with Gasteiger partial charge in [-0.05, 0) is 31.0 Å². The first kappa shape index (κ1) is 16.8. The van der Waals surface area contributed by atoms with E-state index in [0.717, 1.165) is 24.5 Å². The lowest BCUT2D eigenvalue weighted by atomic mass is 10.0. The van der Waals surface area contributed by atoms with E-state index in [1.54, 1.807) is 0 Å². The Bertz CT molecular complexity index is 683. The predicted octanol–water partition coefficient (Wildman–Crippen LogP) is 4.23. The van der Waals surface area contributed by atoms with Crippen LogP contribution in [0.4, 0.5) is 11.4 Å². The van der Waals surface area contributed by atoms with Gasteiger partial charge in [0.25, 0.3) is 0 Å². The molecule has 0 aromatic heterocycles. The van der Waals surface area contributed by atoms with E-state index < -0.39 is 5.66 Å². The average molecular weight is 345 g/mol. The summed E-state index contributed by atoms with van der Waals surface area (Å²) in [4.78, 5) is 14.4. The third-order valence-electron chi connectivity index (χ3n) is 4.48. The van der Waals surface area contributed by atoms with E-state index in [2.05, 4.69) is 26.4 Å². The van der Waals surface area contributed by atoms with Crippen molar-refractivity contribution >= 4 is 28.9 Å². The Balaban J connectivity index is 1.51. The molecule has 1 aromatic rings. The molecule has 126 valence electrons. The van der Waals surface area contributed by atoms with Crippen LogP contribution in [0.1, 0.15) is 38.5 Å². The summed E-state index contributed by atoms with van der Waals surface area (Å²) in [7, 11) is 0. The van der Waals surface area contributed by atoms with Gasteiger partial charge in [0.2, 0.25) is 5.91 Å². The lowest BCUT2D eigenvalue weighted by Crippen LogP contribution is -2.19. The van der Waals surface area contributed by atoms with Crippen molar-refractivity contribution in [1.82, 2.24) is 0 Å². The Kier molecular flexibility index (Phi) is 5.06. The van der Waals surface area contributed by atoms with Gasteiger partial charge in [0.05, 0.1) is 10.7 Å². The number of nitrogens with zero attached hydrogens (tertiary/aromatic N) is 3. The summed E-state index contributed by atoms with van der Waals surface area (Å²) < 4.78 is 0. The minimum atomic E-state index is -0.416. The second-order valence-corrected chi connectivity index (χ2v) is 6.70. The molecule has 1 amide bonds. The van der Waals surface area contributed by atoms with Crippen molar-refractivity contribution < 1.29 is 4.79 Å². The van der Waals surface area contributed by atoms with Crippen molar-refractivity contribution in [2.24, 2.45) is 10.2 Å². The summed E-state index contributed by atoms with van der Waals surface area (Å²) >= 11 is 6.37. The Labute approximate surface area is 147 Å². The zero-order valence-corrected chi connectivity index (χ0v) is 14.4. The van der Waals surface area contributed by atoms with E-state index in [4.69, 9.17) is 18.0 Å². The Morgan fingerprint density at radius 3 is 2.71 bits per heavy atom. The first-order chi connectivity index (χ1) is 11.6. The van der Waals surface area contributed by atoms with Crippen LogP contribution in [-0.2, 0) is 4.79 Å². The summed E-state index contributed by atoms with van der Waals surface area (Å²) in [6.07, 6.45) is 9.97. The second-order valence-electron chi connectivity index (χ2n) is 6.30. The molecule has 0 spiro atoms. The third kappa shape index (κ3) is 4.07. The number of halogens is 1. The molecule has 2 heterocycles. The Hall–Kier alpha value is -2.06. The number of hydrogen-bond acceptors (Lipinski definition) is 4. The maximum absolute atomic E-state index is 12.1. The minimum absolute atomic E-state index is 0.0580. The van der Waals surface area contributed by atoms with E-state index in [1.165, 1.54) is 12.8 Å². The molecule has 1 N–H and O–H groups in total. The second kappa shape index (κ2) is 7.23. The molecule has 0 aliphatic carbocycles. The van der Waals surface area contributed by atoms with Gasteiger partial charge in [0.15, 0.2) is 5.66 Å². The molecule has 1 aromatic carbocycles. The molecule has 0 radical (unpaired) electrons. The van der Waals surface area contributed by atoms with Gasteiger partial charge in [0, 0.05) is 44.5 Å². The lowest BCUT2D eigenvalue weighted by Gasteiger charge is -2.19. The van der Waals surface area contributed by atoms with E-state index >= 15 is 0 Å². The first-order valence-corrected chi connectivity index (χ1v) is 8.72. The van der Waals surface area contributed by atoms with Gasteiger partial charge in [-0.15, -0.1) is 12.3 Å². The standard InChI is InChI=1S/C18H21ClN4O/c1-2-3-9-18(21-22-18)10-8-17(24)20-14-6-7-16(15(19)13-14)23-11-4-5-12-23/h1,6-7,13H,3-5,8-12H2,(H,20,24). The normalized spacial score (nSPS) is 17.6. The quantitative estimate of drug-likeness (QED) is 0.752. The van der Waals surface area contributed by atoms with Gasteiger partial charge in [0.1, 0.15) is 0 Å². The molecule has 24 heavy (non-hydrogen) atoms. The zero-order chi connectivity index (χ0) is 17.0. The zero-order valence-electron chi connectivity index (χ0n) is 13.6. The van der Waals surface area contributed by atoms with Crippen LogP contribution >= 0.6 is 11.6 Å². The molecule has 5 nitrogen and oxygen atoms in total. The number of rotatable bonds is 7. The molecule has 0 unspecified atom stereocenters. The van der Waals surface area contributed by atoms with Crippen molar-refractivity contribution in [1.29, 1.82) is 0 Å². The fourth-order valence-corrected chi connectivity index (χ4v) is 3.30. The minimum Gasteiger partial charge on any atom is -0.370 e. The monoisotopic (exact) mass is 344 g/mol. The summed E-state index contributed by atoms with van der Waals surface area (Å²) in [6.45, 7) is 2.08. The fourth-order valence-electron chi connectivity index (χ4n) is 3.00. The third-order valence-corrected chi connectivity index (χ3v) is 4.79. The maximum atomic E-state index is 12.1. The van der Waals surface area contributed by atoms with E-state index in [0.29, 0.717) is 30.7 Å². The molecular formula is C18H21ClN4O. The van der Waals surface area contributed by atoms with Crippen molar-refractivity contribution in [3.05, 3.63) is 23.2 Å². The van der Waals surface area contributed by atoms with Gasteiger partial charge in [-0.3, -0.25) is 4.79 Å². The van der Waals surface area contributed by atoms with Crippen LogP contribution in [0, 0.1) is 12.3 Å². The number of carbonyl (C=O) groups is 1. The first-order valence-electron chi connectivity index (χ1n) is 8.34. The van der Waals surface area contributed by atoms with Crippen LogP contribution in [0.25, 0.3) is 0 Å². The van der Waals surface area contributed by atoms with E-state index in [9.17, 15) is 4.79 Å². The highest BCUT2D eigenvalue weighted by Gasteiger charge is 2.39. The number of amides is 1. The molecule has 2 aliphatic heterocycles. The number of benzene rings is 1. The predicted molar refractivity (Wildman–Crippen MR) is 96.4 cm³/mol.